The molecule has 9 heteroatoms. The summed E-state index contributed by atoms with van der Waals surface area (Å²) in [6, 6.07) is -1.93. The lowest BCUT2D eigenvalue weighted by Crippen LogP contribution is -2.48. The Morgan fingerprint density at radius 2 is 1.71 bits per heavy atom. The zero-order valence-corrected chi connectivity index (χ0v) is 14.4. The number of hydrogen-bond donors (Lipinski definition) is 4. The highest BCUT2D eigenvalue weighted by Crippen LogP contribution is 2.20. The van der Waals surface area contributed by atoms with Crippen LogP contribution in [0, 0.1) is 0 Å². The van der Waals surface area contributed by atoms with Crippen LogP contribution < -0.4 is 5.73 Å². The van der Waals surface area contributed by atoms with E-state index in [2.05, 4.69) is 25.6 Å². The monoisotopic (exact) mass is 337 g/mol. The van der Waals surface area contributed by atoms with Crippen LogP contribution in [0.15, 0.2) is 0 Å². The number of amides is 2. The van der Waals surface area contributed by atoms with E-state index in [0.29, 0.717) is 0 Å². The van der Waals surface area contributed by atoms with Gasteiger partial charge in [0.1, 0.15) is 12.1 Å². The summed E-state index contributed by atoms with van der Waals surface area (Å²) in [6.45, 7) is 6.95. The first kappa shape index (κ1) is 20.1. The molecule has 0 radical (unpaired) electrons. The van der Waals surface area contributed by atoms with Crippen LogP contribution >= 0.6 is 25.6 Å². The van der Waals surface area contributed by atoms with Gasteiger partial charge in [-0.05, 0) is 34.1 Å². The third kappa shape index (κ3) is 6.15. The van der Waals surface area contributed by atoms with Gasteiger partial charge >= 0.3 is 5.97 Å². The molecule has 2 atom stereocenters. The van der Waals surface area contributed by atoms with Crippen molar-refractivity contribution in [3.05, 3.63) is 0 Å². The predicted molar refractivity (Wildman–Crippen MR) is 85.7 cm³/mol. The lowest BCUT2D eigenvalue weighted by Gasteiger charge is -2.34. The van der Waals surface area contributed by atoms with Gasteiger partial charge in [-0.15, -0.1) is 0 Å². The van der Waals surface area contributed by atoms with Crippen molar-refractivity contribution in [2.75, 3.05) is 0 Å². The first-order valence-corrected chi connectivity index (χ1v) is 7.21. The summed E-state index contributed by atoms with van der Waals surface area (Å²) >= 11 is 8.15. The highest BCUT2D eigenvalue weighted by Gasteiger charge is 2.32. The number of thiol groups is 2. The van der Waals surface area contributed by atoms with Gasteiger partial charge in [-0.25, -0.2) is 0 Å². The van der Waals surface area contributed by atoms with Crippen molar-refractivity contribution in [2.45, 2.75) is 58.2 Å². The van der Waals surface area contributed by atoms with Gasteiger partial charge in [-0.1, -0.05) is 25.6 Å². The second-order valence-electron chi connectivity index (χ2n) is 5.72. The maximum absolute atomic E-state index is 12.2. The van der Waals surface area contributed by atoms with Gasteiger partial charge < -0.3 is 10.8 Å². The van der Waals surface area contributed by atoms with Gasteiger partial charge in [-0.3, -0.25) is 23.0 Å². The van der Waals surface area contributed by atoms with Crippen LogP contribution in [0.1, 0.15) is 40.5 Å². The molecule has 2 amide bonds. The predicted octanol–water partition coefficient (Wildman–Crippen LogP) is 0.712. The highest BCUT2D eigenvalue weighted by molar-refractivity contribution is 7.78. The zero-order valence-electron chi connectivity index (χ0n) is 12.6. The van der Waals surface area contributed by atoms with Gasteiger partial charge in [0.15, 0.2) is 0 Å². The Morgan fingerprint density at radius 3 is 2.10 bits per heavy atom. The standard InChI is InChI=1S/C12H23N3O4S2/c1-7(10(17)15(21)12(2,3)4)14(20)9(16)6-5-8(13)11(18)19/h7-8,20-21H,5-6,13H2,1-4H3,(H,18,19). The Morgan fingerprint density at radius 1 is 1.24 bits per heavy atom. The summed E-state index contributed by atoms with van der Waals surface area (Å²) in [5.74, 6) is -2.02. The van der Waals surface area contributed by atoms with Crippen molar-refractivity contribution < 1.29 is 19.5 Å². The summed E-state index contributed by atoms with van der Waals surface area (Å²) in [5.41, 5.74) is 4.82. The number of rotatable bonds is 6. The van der Waals surface area contributed by atoms with Crippen molar-refractivity contribution >= 4 is 43.4 Å². The molecule has 0 bridgehead atoms. The molecule has 0 heterocycles. The van der Waals surface area contributed by atoms with Crippen LogP contribution in [0.3, 0.4) is 0 Å². The smallest absolute Gasteiger partial charge is 0.320 e. The highest BCUT2D eigenvalue weighted by atomic mass is 32.1. The quantitative estimate of drug-likeness (QED) is 0.535. The Hall–Kier alpha value is -0.930. The minimum Gasteiger partial charge on any atom is -0.480 e. The largest absolute Gasteiger partial charge is 0.480 e. The molecular formula is C12H23N3O4S2. The number of aliphatic carboxylic acids is 1. The molecule has 0 spiro atoms. The van der Waals surface area contributed by atoms with Crippen molar-refractivity contribution in [1.82, 2.24) is 8.61 Å². The number of carboxylic acid groups (broad SMARTS) is 1. The zero-order chi connectivity index (χ0) is 17.0. The first-order chi connectivity index (χ1) is 9.39. The van der Waals surface area contributed by atoms with Gasteiger partial charge in [-0.2, -0.15) is 0 Å². The number of carboxylic acids is 1. The minimum absolute atomic E-state index is 0.0179. The number of nitrogens with two attached hydrogens (primary N) is 1. The third-order valence-electron chi connectivity index (χ3n) is 2.81. The molecule has 21 heavy (non-hydrogen) atoms. The number of nitrogens with zero attached hydrogens (tertiary/aromatic N) is 2. The first-order valence-electron chi connectivity index (χ1n) is 6.41. The van der Waals surface area contributed by atoms with E-state index < -0.39 is 29.5 Å². The van der Waals surface area contributed by atoms with Gasteiger partial charge in [0.05, 0.1) is 0 Å². The number of carbonyl (C=O) groups is 3. The normalized spacial score (nSPS) is 14.2. The average Bonchev–Trinajstić information content (AvgIpc) is 2.39. The molecule has 0 rings (SSSR count). The topological polar surface area (TPSA) is 104 Å². The Labute approximate surface area is 135 Å². The molecule has 3 N–H and O–H groups in total. The lowest BCUT2D eigenvalue weighted by atomic mass is 10.1. The van der Waals surface area contributed by atoms with E-state index in [9.17, 15) is 14.4 Å². The summed E-state index contributed by atoms with van der Waals surface area (Å²) in [5, 5.41) is 8.65. The molecule has 0 aromatic heterocycles. The van der Waals surface area contributed by atoms with E-state index in [1.165, 1.54) is 11.2 Å². The van der Waals surface area contributed by atoms with Crippen molar-refractivity contribution in [2.24, 2.45) is 5.73 Å². The fourth-order valence-electron chi connectivity index (χ4n) is 1.35. The number of carbonyl (C=O) groups excluding carboxylic acids is 2. The van der Waals surface area contributed by atoms with Gasteiger partial charge in [0.2, 0.25) is 5.91 Å². The van der Waals surface area contributed by atoms with E-state index in [0.717, 1.165) is 4.31 Å². The molecule has 0 saturated heterocycles. The maximum atomic E-state index is 12.2. The SMILES string of the molecule is CC(C(=O)N(S)C(C)(C)C)N(S)C(=O)CCC(N)C(=O)O. The Balaban J connectivity index is 4.63. The molecule has 0 aliphatic rings. The van der Waals surface area contributed by atoms with Crippen LogP contribution in [0.5, 0.6) is 0 Å². The van der Waals surface area contributed by atoms with E-state index in [1.807, 2.05) is 0 Å². The van der Waals surface area contributed by atoms with Gasteiger partial charge in [0.25, 0.3) is 5.91 Å². The van der Waals surface area contributed by atoms with Crippen LogP contribution in [-0.2, 0) is 14.4 Å². The Kier molecular flexibility index (Phi) is 7.55. The summed E-state index contributed by atoms with van der Waals surface area (Å²) in [6.07, 6.45) is -0.118. The average molecular weight is 337 g/mol. The van der Waals surface area contributed by atoms with Gasteiger partial charge in [0, 0.05) is 12.0 Å². The fraction of sp³-hybridized carbons (Fsp3) is 0.750. The summed E-state index contributed by atoms with van der Waals surface area (Å²) < 4.78 is 2.21. The maximum Gasteiger partial charge on any atom is 0.320 e. The molecule has 0 saturated carbocycles. The number of hydrogen-bond acceptors (Lipinski definition) is 6. The van der Waals surface area contributed by atoms with E-state index in [1.54, 1.807) is 20.8 Å². The molecule has 0 fully saturated rings. The minimum atomic E-state index is -1.17. The molecule has 122 valence electrons. The third-order valence-corrected chi connectivity index (χ3v) is 4.18. The summed E-state index contributed by atoms with van der Waals surface area (Å²) in [4.78, 5) is 34.6. The van der Waals surface area contributed by atoms with Crippen molar-refractivity contribution in [1.29, 1.82) is 0 Å². The molecule has 0 aliphatic carbocycles. The van der Waals surface area contributed by atoms with E-state index >= 15 is 0 Å². The van der Waals surface area contributed by atoms with E-state index in [-0.39, 0.29) is 18.7 Å². The fourth-order valence-corrected chi connectivity index (χ4v) is 1.71. The van der Waals surface area contributed by atoms with Crippen LogP contribution in [0.2, 0.25) is 0 Å². The van der Waals surface area contributed by atoms with Crippen LogP contribution in [0.4, 0.5) is 0 Å². The molecule has 0 aromatic rings. The molecule has 0 aromatic carbocycles. The molecule has 7 nitrogen and oxygen atoms in total. The van der Waals surface area contributed by atoms with E-state index in [4.69, 9.17) is 10.8 Å². The molecule has 2 unspecified atom stereocenters. The molecular weight excluding hydrogens is 314 g/mol. The second-order valence-corrected chi connectivity index (χ2v) is 6.55. The summed E-state index contributed by atoms with van der Waals surface area (Å²) in [7, 11) is 0. The van der Waals surface area contributed by atoms with Crippen molar-refractivity contribution in [3.63, 3.8) is 0 Å². The lowest BCUT2D eigenvalue weighted by molar-refractivity contribution is -0.140. The molecule has 0 aliphatic heterocycles. The van der Waals surface area contributed by atoms with Crippen molar-refractivity contribution in [3.8, 4) is 0 Å². The van der Waals surface area contributed by atoms with Crippen LogP contribution in [-0.4, -0.2) is 49.1 Å². The second kappa shape index (κ2) is 7.90. The van der Waals surface area contributed by atoms with Crippen LogP contribution in [0.25, 0.3) is 0 Å². The Bertz CT molecular complexity index is 412.